The van der Waals surface area contributed by atoms with Crippen molar-refractivity contribution in [1.29, 1.82) is 0 Å². The van der Waals surface area contributed by atoms with Crippen molar-refractivity contribution >= 4 is 23.6 Å². The van der Waals surface area contributed by atoms with Gasteiger partial charge in [-0.1, -0.05) is 23.7 Å². The van der Waals surface area contributed by atoms with E-state index in [-0.39, 0.29) is 17.5 Å². The number of benzene rings is 1. The van der Waals surface area contributed by atoms with Crippen LogP contribution >= 0.6 is 11.6 Å². The van der Waals surface area contributed by atoms with Gasteiger partial charge in [0.15, 0.2) is 0 Å². The number of halogens is 2. The topological polar surface area (TPSA) is 71.8 Å². The van der Waals surface area contributed by atoms with Crippen molar-refractivity contribution in [3.8, 4) is 0 Å². The predicted octanol–water partition coefficient (Wildman–Crippen LogP) is 1.93. The third-order valence-corrected chi connectivity index (χ3v) is 2.59. The second-order valence-corrected chi connectivity index (χ2v) is 4.17. The highest BCUT2D eigenvalue weighted by atomic mass is 35.5. The molecule has 8 heteroatoms. The summed E-state index contributed by atoms with van der Waals surface area (Å²) >= 11 is 5.64. The molecule has 0 fully saturated rings. The molecule has 0 atom stereocenters. The van der Waals surface area contributed by atoms with Crippen molar-refractivity contribution in [3.05, 3.63) is 40.9 Å². The van der Waals surface area contributed by atoms with Gasteiger partial charge in [-0.3, -0.25) is 10.00 Å². The lowest BCUT2D eigenvalue weighted by Gasteiger charge is -2.06. The van der Waals surface area contributed by atoms with Crippen LogP contribution in [0.2, 0.25) is 5.02 Å². The zero-order valence-electron chi connectivity index (χ0n) is 10.0. The molecule has 6 nitrogen and oxygen atoms in total. The maximum absolute atomic E-state index is 13.6. The molecule has 0 bridgehead atoms. The number of aryl methyl sites for hydroxylation is 1. The zero-order chi connectivity index (χ0) is 13.8. The number of hydrogen-bond acceptors (Lipinski definition) is 3. The van der Waals surface area contributed by atoms with E-state index in [9.17, 15) is 9.18 Å². The minimum absolute atomic E-state index is 0.0189. The summed E-state index contributed by atoms with van der Waals surface area (Å²) in [6.07, 6.45) is 1.45. The van der Waals surface area contributed by atoms with Crippen LogP contribution in [0, 0.1) is 5.82 Å². The van der Waals surface area contributed by atoms with Crippen LogP contribution in [-0.4, -0.2) is 20.8 Å². The molecule has 0 spiro atoms. The number of amides is 2. The molecular formula is C11H11ClFN5O. The van der Waals surface area contributed by atoms with E-state index in [2.05, 4.69) is 20.7 Å². The smallest absolute Gasteiger partial charge is 0.321 e. The number of carbonyl (C=O) groups excluding carboxylic acids is 1. The Balaban J connectivity index is 1.91. The fourth-order valence-electron chi connectivity index (χ4n) is 1.40. The molecule has 1 aromatic carbocycles. The Morgan fingerprint density at radius 3 is 3.00 bits per heavy atom. The van der Waals surface area contributed by atoms with Crippen molar-refractivity contribution in [2.45, 2.75) is 6.54 Å². The van der Waals surface area contributed by atoms with Gasteiger partial charge in [0.05, 0.1) is 5.02 Å². The Kier molecular flexibility index (Phi) is 3.96. The molecule has 0 aliphatic carbocycles. The van der Waals surface area contributed by atoms with Crippen LogP contribution in [0.3, 0.4) is 0 Å². The Morgan fingerprint density at radius 2 is 2.32 bits per heavy atom. The van der Waals surface area contributed by atoms with Crippen molar-refractivity contribution in [2.75, 3.05) is 5.32 Å². The summed E-state index contributed by atoms with van der Waals surface area (Å²) in [6, 6.07) is 4.07. The van der Waals surface area contributed by atoms with E-state index in [0.29, 0.717) is 5.56 Å². The van der Waals surface area contributed by atoms with Gasteiger partial charge in [0.2, 0.25) is 5.95 Å². The number of carbonyl (C=O) groups is 1. The van der Waals surface area contributed by atoms with Crippen molar-refractivity contribution in [1.82, 2.24) is 20.1 Å². The highest BCUT2D eigenvalue weighted by Crippen LogP contribution is 2.17. The first-order chi connectivity index (χ1) is 9.06. The third kappa shape index (κ3) is 3.41. The van der Waals surface area contributed by atoms with Crippen LogP contribution in [-0.2, 0) is 13.6 Å². The normalized spacial score (nSPS) is 10.3. The average molecular weight is 284 g/mol. The zero-order valence-corrected chi connectivity index (χ0v) is 10.8. The van der Waals surface area contributed by atoms with Gasteiger partial charge in [-0.15, -0.1) is 5.10 Å². The van der Waals surface area contributed by atoms with Crippen LogP contribution in [0.1, 0.15) is 5.56 Å². The van der Waals surface area contributed by atoms with Gasteiger partial charge in [-0.25, -0.2) is 14.2 Å². The first kappa shape index (κ1) is 13.3. The molecule has 0 aliphatic heterocycles. The number of nitrogens with zero attached hydrogens (tertiary/aromatic N) is 3. The molecule has 100 valence electrons. The van der Waals surface area contributed by atoms with E-state index in [0.717, 1.165) is 0 Å². The van der Waals surface area contributed by atoms with E-state index in [1.165, 1.54) is 17.1 Å². The summed E-state index contributed by atoms with van der Waals surface area (Å²) in [6.45, 7) is 0.0189. The van der Waals surface area contributed by atoms with Crippen molar-refractivity contribution in [2.24, 2.45) is 7.05 Å². The lowest BCUT2D eigenvalue weighted by molar-refractivity contribution is 0.251. The summed E-state index contributed by atoms with van der Waals surface area (Å²) in [5.41, 5.74) is 0.302. The van der Waals surface area contributed by atoms with Crippen LogP contribution < -0.4 is 10.6 Å². The van der Waals surface area contributed by atoms with Crippen molar-refractivity contribution in [3.63, 3.8) is 0 Å². The van der Waals surface area contributed by atoms with Gasteiger partial charge in [0.1, 0.15) is 12.1 Å². The number of aromatic nitrogens is 3. The highest BCUT2D eigenvalue weighted by molar-refractivity contribution is 6.30. The number of rotatable bonds is 3. The minimum Gasteiger partial charge on any atom is -0.334 e. The van der Waals surface area contributed by atoms with E-state index < -0.39 is 11.8 Å². The first-order valence-corrected chi connectivity index (χ1v) is 5.77. The van der Waals surface area contributed by atoms with Gasteiger partial charge >= 0.3 is 6.03 Å². The fraction of sp³-hybridized carbons (Fsp3) is 0.182. The molecule has 0 aliphatic rings. The molecule has 0 unspecified atom stereocenters. The highest BCUT2D eigenvalue weighted by Gasteiger charge is 2.09. The predicted molar refractivity (Wildman–Crippen MR) is 68.3 cm³/mol. The van der Waals surface area contributed by atoms with Crippen LogP contribution in [0.25, 0.3) is 0 Å². The molecule has 0 saturated carbocycles. The molecule has 1 aromatic heterocycles. The quantitative estimate of drug-likeness (QED) is 0.904. The van der Waals surface area contributed by atoms with E-state index in [1.54, 1.807) is 19.2 Å². The summed E-state index contributed by atoms with van der Waals surface area (Å²) < 4.78 is 15.0. The summed E-state index contributed by atoms with van der Waals surface area (Å²) in [5.74, 6) is -0.369. The van der Waals surface area contributed by atoms with Gasteiger partial charge < -0.3 is 5.32 Å². The van der Waals surface area contributed by atoms with Gasteiger partial charge in [-0.2, -0.15) is 0 Å². The Morgan fingerprint density at radius 1 is 1.53 bits per heavy atom. The maximum atomic E-state index is 13.6. The molecular weight excluding hydrogens is 273 g/mol. The molecule has 2 aromatic rings. The first-order valence-electron chi connectivity index (χ1n) is 5.39. The third-order valence-electron chi connectivity index (χ3n) is 2.30. The molecule has 19 heavy (non-hydrogen) atoms. The molecule has 0 radical (unpaired) electrons. The van der Waals surface area contributed by atoms with Crippen molar-refractivity contribution < 1.29 is 9.18 Å². The Hall–Kier alpha value is -2.15. The minimum atomic E-state index is -0.541. The van der Waals surface area contributed by atoms with Crippen LogP contribution in [0.15, 0.2) is 24.5 Å². The summed E-state index contributed by atoms with van der Waals surface area (Å²) in [4.78, 5) is 15.4. The fourth-order valence-corrected chi connectivity index (χ4v) is 1.60. The lowest BCUT2D eigenvalue weighted by atomic mass is 10.2. The Labute approximate surface area is 113 Å². The number of anilines is 1. The van der Waals surface area contributed by atoms with Crippen LogP contribution in [0.4, 0.5) is 15.1 Å². The molecule has 0 saturated heterocycles. The average Bonchev–Trinajstić information content (AvgIpc) is 2.76. The SMILES string of the molecule is Cn1cnc(NC(=O)NCc2cccc(Cl)c2F)n1. The Bertz CT molecular complexity index is 601. The van der Waals surface area contributed by atoms with E-state index in [4.69, 9.17) is 11.6 Å². The second-order valence-electron chi connectivity index (χ2n) is 3.76. The summed E-state index contributed by atoms with van der Waals surface area (Å²) in [7, 11) is 1.68. The number of nitrogens with one attached hydrogen (secondary N) is 2. The van der Waals surface area contributed by atoms with E-state index >= 15 is 0 Å². The largest absolute Gasteiger partial charge is 0.334 e. The van der Waals surface area contributed by atoms with Crippen LogP contribution in [0.5, 0.6) is 0 Å². The standard InChI is InChI=1S/C11H11ClFN5O/c1-18-6-15-10(17-18)16-11(19)14-5-7-3-2-4-8(12)9(7)13/h2-4,6H,5H2,1H3,(H2,14,16,17,19). The van der Waals surface area contributed by atoms with Gasteiger partial charge in [-0.05, 0) is 6.07 Å². The molecule has 2 rings (SSSR count). The summed E-state index contributed by atoms with van der Waals surface area (Å²) in [5, 5.41) is 8.80. The monoisotopic (exact) mass is 283 g/mol. The van der Waals surface area contributed by atoms with E-state index in [1.807, 2.05) is 0 Å². The lowest BCUT2D eigenvalue weighted by Crippen LogP contribution is -2.29. The number of hydrogen-bond donors (Lipinski definition) is 2. The molecule has 2 amide bonds. The van der Waals surface area contributed by atoms with Gasteiger partial charge in [0.25, 0.3) is 0 Å². The molecule has 2 N–H and O–H groups in total. The van der Waals surface area contributed by atoms with Gasteiger partial charge in [0, 0.05) is 19.2 Å². The maximum Gasteiger partial charge on any atom is 0.321 e. The molecule has 1 heterocycles. The second kappa shape index (κ2) is 5.66. The number of urea groups is 1.